The number of fused-ring (bicyclic) bond motifs is 1. The van der Waals surface area contributed by atoms with Crippen molar-refractivity contribution < 1.29 is 19.0 Å². The van der Waals surface area contributed by atoms with Crippen LogP contribution in [0.25, 0.3) is 0 Å². The molecule has 0 bridgehead atoms. The number of ether oxygens (including phenoxy) is 3. The first-order valence-corrected chi connectivity index (χ1v) is 11.6. The molecule has 9 nitrogen and oxygen atoms in total. The maximum atomic E-state index is 13.7. The van der Waals surface area contributed by atoms with E-state index in [1.165, 1.54) is 0 Å². The lowest BCUT2D eigenvalue weighted by molar-refractivity contribution is -0.116. The monoisotopic (exact) mass is 515 g/mol. The molecule has 1 aliphatic carbocycles. The molecule has 2 aliphatic rings. The van der Waals surface area contributed by atoms with Gasteiger partial charge in [0.05, 0.1) is 31.4 Å². The summed E-state index contributed by atoms with van der Waals surface area (Å²) in [4.78, 5) is 18.0. The average molecular weight is 516 g/mol. The van der Waals surface area contributed by atoms with Crippen LogP contribution in [0, 0.1) is 0 Å². The quantitative estimate of drug-likeness (QED) is 0.506. The predicted molar refractivity (Wildman–Crippen MR) is 133 cm³/mol. The van der Waals surface area contributed by atoms with Gasteiger partial charge in [-0.25, -0.2) is 4.68 Å². The molecule has 1 aromatic heterocycles. The molecule has 0 radical (unpaired) electrons. The van der Waals surface area contributed by atoms with Gasteiger partial charge in [-0.05, 0) is 47.7 Å². The second kappa shape index (κ2) is 8.98. The molecular weight excluding hydrogens is 493 g/mol. The highest BCUT2D eigenvalue weighted by Crippen LogP contribution is 2.47. The Morgan fingerprint density at radius 3 is 2.34 bits per heavy atom. The molecule has 5 rings (SSSR count). The van der Waals surface area contributed by atoms with Crippen LogP contribution in [0.3, 0.4) is 0 Å². The molecule has 3 N–H and O–H groups in total. The fourth-order valence-corrected chi connectivity index (χ4v) is 5.10. The number of benzene rings is 2. The third-order valence-corrected chi connectivity index (χ3v) is 7.09. The molecule has 0 spiro atoms. The van der Waals surface area contributed by atoms with Crippen LogP contribution in [0.1, 0.15) is 35.9 Å². The number of carbonyl (C=O) groups is 1. The number of hydrogen-bond donors (Lipinski definition) is 2. The van der Waals surface area contributed by atoms with Crippen LogP contribution >= 0.6 is 23.2 Å². The first-order valence-electron chi connectivity index (χ1n) is 10.8. The van der Waals surface area contributed by atoms with Crippen LogP contribution in [-0.4, -0.2) is 41.9 Å². The number of carbonyl (C=O) groups excluding carboxylic acids is 1. The van der Waals surface area contributed by atoms with Gasteiger partial charge in [-0.3, -0.25) is 4.79 Å². The second-order valence-corrected chi connectivity index (χ2v) is 9.13. The van der Waals surface area contributed by atoms with Crippen molar-refractivity contribution in [3.8, 4) is 17.2 Å². The van der Waals surface area contributed by atoms with Crippen molar-refractivity contribution in [2.75, 3.05) is 32.4 Å². The Morgan fingerprint density at radius 2 is 1.71 bits per heavy atom. The minimum Gasteiger partial charge on any atom is -0.493 e. The average Bonchev–Trinajstić information content (AvgIpc) is 3.22. The number of halogens is 2. The molecule has 0 unspecified atom stereocenters. The number of ketones is 1. The molecule has 0 amide bonds. The molecule has 11 heteroatoms. The summed E-state index contributed by atoms with van der Waals surface area (Å²) in [5, 5.41) is 8.43. The highest BCUT2D eigenvalue weighted by atomic mass is 35.5. The number of nitrogen functional groups attached to an aromatic ring is 1. The van der Waals surface area contributed by atoms with E-state index in [0.29, 0.717) is 45.2 Å². The minimum atomic E-state index is -0.533. The molecule has 1 aliphatic heterocycles. The highest BCUT2D eigenvalue weighted by molar-refractivity contribution is 6.42. The van der Waals surface area contributed by atoms with Crippen LogP contribution in [0.5, 0.6) is 17.2 Å². The lowest BCUT2D eigenvalue weighted by atomic mass is 9.77. The van der Waals surface area contributed by atoms with E-state index >= 15 is 0 Å². The number of Topliss-reactive ketones (excluding diaryl/α,β-unsaturated/α-hetero) is 1. The SMILES string of the molecule is COc1cc([C@H]2CC(=O)C3=C(C2)Nc2nc(N)nn2[C@H]3c2ccc(Cl)c(Cl)c2)cc(OC)c1OC. The van der Waals surface area contributed by atoms with E-state index in [4.69, 9.17) is 43.1 Å². The van der Waals surface area contributed by atoms with E-state index in [-0.39, 0.29) is 24.1 Å². The zero-order valence-electron chi connectivity index (χ0n) is 19.3. The Morgan fingerprint density at radius 1 is 1.00 bits per heavy atom. The van der Waals surface area contributed by atoms with Crippen molar-refractivity contribution >= 4 is 40.9 Å². The highest BCUT2D eigenvalue weighted by Gasteiger charge is 2.40. The Kier molecular flexibility index (Phi) is 5.98. The van der Waals surface area contributed by atoms with Crippen LogP contribution in [0.4, 0.5) is 11.9 Å². The molecule has 2 aromatic carbocycles. The first kappa shape index (κ1) is 23.3. The predicted octanol–water partition coefficient (Wildman–Crippen LogP) is 4.61. The zero-order chi connectivity index (χ0) is 24.9. The van der Waals surface area contributed by atoms with Gasteiger partial charge in [0, 0.05) is 17.7 Å². The van der Waals surface area contributed by atoms with Crippen molar-refractivity contribution in [1.82, 2.24) is 14.8 Å². The maximum absolute atomic E-state index is 13.7. The summed E-state index contributed by atoms with van der Waals surface area (Å²) in [5.41, 5.74) is 8.94. The third-order valence-electron chi connectivity index (χ3n) is 6.35. The molecule has 182 valence electrons. The minimum absolute atomic E-state index is 0.0201. The van der Waals surface area contributed by atoms with Crippen LogP contribution in [0.2, 0.25) is 10.0 Å². The number of methoxy groups -OCH3 is 3. The molecule has 3 aromatic rings. The lowest BCUT2D eigenvalue weighted by Gasteiger charge is -2.35. The summed E-state index contributed by atoms with van der Waals surface area (Å²) in [7, 11) is 4.68. The van der Waals surface area contributed by atoms with Gasteiger partial charge in [0.1, 0.15) is 6.04 Å². The van der Waals surface area contributed by atoms with Crippen molar-refractivity contribution in [3.05, 3.63) is 62.8 Å². The number of nitrogens with zero attached hydrogens (tertiary/aromatic N) is 3. The van der Waals surface area contributed by atoms with E-state index in [9.17, 15) is 4.79 Å². The lowest BCUT2D eigenvalue weighted by Crippen LogP contribution is -2.33. The molecular formula is C24H23Cl2N5O4. The molecule has 0 saturated carbocycles. The summed E-state index contributed by atoms with van der Waals surface area (Å²) in [5.74, 6) is 1.98. The van der Waals surface area contributed by atoms with Gasteiger partial charge in [0.2, 0.25) is 17.6 Å². The normalized spacial score (nSPS) is 19.1. The molecule has 0 fully saturated rings. The standard InChI is InChI=1S/C24H23Cl2N5O4/c1-33-18-9-13(10-19(34-2)22(18)35-3)12-7-16-20(17(32)8-12)21(11-4-5-14(25)15(26)6-11)31-24(28-16)29-23(27)30-31/h4-6,9-10,12,21H,7-8H2,1-3H3,(H3,27,28,29,30)/t12-,21+/m1/s1. The third kappa shape index (κ3) is 3.94. The summed E-state index contributed by atoms with van der Waals surface area (Å²) in [6, 6.07) is 8.50. The fourth-order valence-electron chi connectivity index (χ4n) is 4.79. The zero-order valence-corrected chi connectivity index (χ0v) is 20.8. The number of rotatable bonds is 5. The molecule has 35 heavy (non-hydrogen) atoms. The van der Waals surface area contributed by atoms with Gasteiger partial charge in [-0.15, -0.1) is 5.10 Å². The van der Waals surface area contributed by atoms with Crippen LogP contribution in [-0.2, 0) is 4.79 Å². The van der Waals surface area contributed by atoms with Crippen LogP contribution in [0.15, 0.2) is 41.6 Å². The topological polar surface area (TPSA) is 114 Å². The Labute approximate surface area is 211 Å². The van der Waals surface area contributed by atoms with Gasteiger partial charge >= 0.3 is 0 Å². The van der Waals surface area contributed by atoms with Gasteiger partial charge in [0.25, 0.3) is 0 Å². The molecule has 0 saturated heterocycles. The van der Waals surface area contributed by atoms with Crippen molar-refractivity contribution in [2.24, 2.45) is 0 Å². The first-order chi connectivity index (χ1) is 16.8. The largest absolute Gasteiger partial charge is 0.493 e. The second-order valence-electron chi connectivity index (χ2n) is 8.32. The van der Waals surface area contributed by atoms with Crippen molar-refractivity contribution in [1.29, 1.82) is 0 Å². The van der Waals surface area contributed by atoms with Crippen LogP contribution < -0.4 is 25.3 Å². The Hall–Kier alpha value is -3.43. The smallest absolute Gasteiger partial charge is 0.241 e. The molecule has 2 heterocycles. The number of nitrogens with two attached hydrogens (primary N) is 1. The van der Waals surface area contributed by atoms with E-state index in [1.54, 1.807) is 38.1 Å². The summed E-state index contributed by atoms with van der Waals surface area (Å²) in [6.45, 7) is 0. The van der Waals surface area contributed by atoms with Crippen molar-refractivity contribution in [2.45, 2.75) is 24.8 Å². The Bertz CT molecular complexity index is 1340. The summed E-state index contributed by atoms with van der Waals surface area (Å²) < 4.78 is 18.1. The van der Waals surface area contributed by atoms with Gasteiger partial charge in [-0.1, -0.05) is 29.3 Å². The molecule has 2 atom stereocenters. The summed E-state index contributed by atoms with van der Waals surface area (Å²) in [6.07, 6.45) is 0.848. The summed E-state index contributed by atoms with van der Waals surface area (Å²) >= 11 is 12.4. The van der Waals surface area contributed by atoms with E-state index in [1.807, 2.05) is 18.2 Å². The van der Waals surface area contributed by atoms with Crippen molar-refractivity contribution in [3.63, 3.8) is 0 Å². The number of anilines is 2. The Balaban J connectivity index is 1.60. The number of nitrogens with one attached hydrogen (secondary N) is 1. The van der Waals surface area contributed by atoms with E-state index in [0.717, 1.165) is 16.8 Å². The number of allylic oxidation sites excluding steroid dienone is 2. The number of hydrogen-bond acceptors (Lipinski definition) is 8. The van der Waals surface area contributed by atoms with Gasteiger partial charge < -0.3 is 25.3 Å². The van der Waals surface area contributed by atoms with Gasteiger partial charge in [-0.2, -0.15) is 4.98 Å². The maximum Gasteiger partial charge on any atom is 0.241 e. The number of aromatic nitrogens is 3. The van der Waals surface area contributed by atoms with Gasteiger partial charge in [0.15, 0.2) is 17.3 Å². The fraction of sp³-hybridized carbons (Fsp3) is 0.292. The van der Waals surface area contributed by atoms with E-state index in [2.05, 4.69) is 15.4 Å². The van der Waals surface area contributed by atoms with E-state index < -0.39 is 6.04 Å².